The molecule has 0 aliphatic carbocycles. The van der Waals surface area contributed by atoms with Crippen molar-refractivity contribution in [3.8, 4) is 17.6 Å². The highest BCUT2D eigenvalue weighted by Crippen LogP contribution is 2.13. The van der Waals surface area contributed by atoms with Gasteiger partial charge >= 0.3 is 0 Å². The van der Waals surface area contributed by atoms with E-state index in [1.807, 2.05) is 24.3 Å². The molecule has 1 fully saturated rings. The first-order chi connectivity index (χ1) is 9.28. The van der Waals surface area contributed by atoms with Crippen molar-refractivity contribution in [3.63, 3.8) is 0 Å². The first-order valence-electron chi connectivity index (χ1n) is 6.36. The van der Waals surface area contributed by atoms with Crippen molar-refractivity contribution in [3.05, 3.63) is 29.8 Å². The van der Waals surface area contributed by atoms with Crippen LogP contribution in [0.5, 0.6) is 5.75 Å². The third-order valence-electron chi connectivity index (χ3n) is 2.93. The number of benzene rings is 1. The number of morpholine rings is 1. The second-order valence-corrected chi connectivity index (χ2v) is 4.79. The zero-order valence-electron chi connectivity index (χ0n) is 11.1. The van der Waals surface area contributed by atoms with Gasteiger partial charge in [-0.05, 0) is 31.3 Å². The van der Waals surface area contributed by atoms with Crippen molar-refractivity contribution in [2.75, 3.05) is 39.2 Å². The summed E-state index contributed by atoms with van der Waals surface area (Å²) in [6.07, 6.45) is 0.148. The molecule has 1 atom stereocenters. The van der Waals surface area contributed by atoms with Gasteiger partial charge in [0, 0.05) is 18.7 Å². The Kier molecular flexibility index (Phi) is 5.53. The lowest BCUT2D eigenvalue weighted by Crippen LogP contribution is -2.42. The lowest BCUT2D eigenvalue weighted by Gasteiger charge is -2.29. The zero-order valence-corrected chi connectivity index (χ0v) is 11.8. The number of hydrogen-bond acceptors (Lipinski definition) is 3. The number of hydrogen-bond donors (Lipinski definition) is 0. The number of alkyl halides is 1. The molecule has 0 radical (unpaired) electrons. The maximum absolute atomic E-state index is 5.73. The van der Waals surface area contributed by atoms with E-state index in [1.165, 1.54) is 0 Å². The summed E-state index contributed by atoms with van der Waals surface area (Å²) in [6, 6.07) is 7.71. The Hall–Kier alpha value is -1.21. The normalized spacial score (nSPS) is 19.6. The van der Waals surface area contributed by atoms with Gasteiger partial charge in [-0.1, -0.05) is 11.8 Å². The third kappa shape index (κ3) is 4.76. The van der Waals surface area contributed by atoms with E-state index < -0.39 is 0 Å². The lowest BCUT2D eigenvalue weighted by molar-refractivity contribution is -0.0403. The largest absolute Gasteiger partial charge is 0.491 e. The standard InChI is InChI=1S/C15H18ClNO2/c1-17-9-10-18-15(11-17)12-19-14-6-4-13(5-7-14)3-2-8-16/h4-7,15H,8-12H2,1H3. The Bertz CT molecular complexity index is 449. The highest BCUT2D eigenvalue weighted by atomic mass is 35.5. The number of ether oxygens (including phenoxy) is 2. The van der Waals surface area contributed by atoms with Gasteiger partial charge in [-0.15, -0.1) is 11.6 Å². The van der Waals surface area contributed by atoms with Crippen molar-refractivity contribution in [2.45, 2.75) is 6.10 Å². The molecule has 3 nitrogen and oxygen atoms in total. The Morgan fingerprint density at radius 2 is 2.21 bits per heavy atom. The van der Waals surface area contributed by atoms with Crippen LogP contribution in [0.2, 0.25) is 0 Å². The van der Waals surface area contributed by atoms with Crippen LogP contribution in [0, 0.1) is 11.8 Å². The van der Waals surface area contributed by atoms with Gasteiger partial charge < -0.3 is 14.4 Å². The molecule has 0 N–H and O–H groups in total. The average Bonchev–Trinajstić information content (AvgIpc) is 2.44. The molecule has 0 amide bonds. The molecule has 0 bridgehead atoms. The van der Waals surface area contributed by atoms with Crippen LogP contribution in [0.3, 0.4) is 0 Å². The Balaban J connectivity index is 1.82. The smallest absolute Gasteiger partial charge is 0.119 e. The molecule has 1 unspecified atom stereocenters. The molecular weight excluding hydrogens is 262 g/mol. The summed E-state index contributed by atoms with van der Waals surface area (Å²) in [5, 5.41) is 0. The van der Waals surface area contributed by atoms with Gasteiger partial charge in [-0.2, -0.15) is 0 Å². The van der Waals surface area contributed by atoms with E-state index in [0.29, 0.717) is 12.5 Å². The maximum Gasteiger partial charge on any atom is 0.119 e. The molecule has 102 valence electrons. The fraction of sp³-hybridized carbons (Fsp3) is 0.467. The quantitative estimate of drug-likeness (QED) is 0.624. The SMILES string of the molecule is CN1CCOC(COc2ccc(C#CCCl)cc2)C1. The lowest BCUT2D eigenvalue weighted by atomic mass is 10.2. The number of nitrogens with zero attached hydrogens (tertiary/aromatic N) is 1. The molecule has 2 rings (SSSR count). The van der Waals surface area contributed by atoms with Gasteiger partial charge in [-0.25, -0.2) is 0 Å². The van der Waals surface area contributed by atoms with Gasteiger partial charge in [0.2, 0.25) is 0 Å². The van der Waals surface area contributed by atoms with Crippen LogP contribution in [0.15, 0.2) is 24.3 Å². The summed E-state index contributed by atoms with van der Waals surface area (Å²) in [5.74, 6) is 6.98. The minimum absolute atomic E-state index is 0.148. The highest BCUT2D eigenvalue weighted by molar-refractivity contribution is 6.19. The second kappa shape index (κ2) is 7.40. The molecule has 0 aromatic heterocycles. The van der Waals surface area contributed by atoms with E-state index in [1.54, 1.807) is 0 Å². The molecule has 19 heavy (non-hydrogen) atoms. The first-order valence-corrected chi connectivity index (χ1v) is 6.89. The van der Waals surface area contributed by atoms with Crippen molar-refractivity contribution in [1.29, 1.82) is 0 Å². The molecule has 0 spiro atoms. The van der Waals surface area contributed by atoms with Gasteiger partial charge in [0.15, 0.2) is 0 Å². The van der Waals surface area contributed by atoms with Crippen molar-refractivity contribution in [1.82, 2.24) is 4.90 Å². The van der Waals surface area contributed by atoms with E-state index in [-0.39, 0.29) is 6.10 Å². The minimum Gasteiger partial charge on any atom is -0.491 e. The van der Waals surface area contributed by atoms with E-state index >= 15 is 0 Å². The number of likely N-dealkylation sites (N-methyl/N-ethyl adjacent to an activating group) is 1. The zero-order chi connectivity index (χ0) is 13.5. The van der Waals surface area contributed by atoms with Gasteiger partial charge in [0.25, 0.3) is 0 Å². The van der Waals surface area contributed by atoms with Crippen LogP contribution in [0.4, 0.5) is 0 Å². The van der Waals surface area contributed by atoms with Crippen LogP contribution in [-0.2, 0) is 4.74 Å². The third-order valence-corrected chi connectivity index (χ3v) is 3.07. The predicted octanol–water partition coefficient (Wildman–Crippen LogP) is 1.99. The monoisotopic (exact) mass is 279 g/mol. The minimum atomic E-state index is 0.148. The molecule has 1 heterocycles. The summed E-state index contributed by atoms with van der Waals surface area (Å²) in [5.41, 5.74) is 0.946. The molecule has 1 saturated heterocycles. The first kappa shape index (κ1) is 14.2. The second-order valence-electron chi connectivity index (χ2n) is 4.53. The Labute approximate surface area is 119 Å². The van der Waals surface area contributed by atoms with E-state index in [0.717, 1.165) is 31.0 Å². The van der Waals surface area contributed by atoms with Gasteiger partial charge in [-0.3, -0.25) is 0 Å². The Morgan fingerprint density at radius 3 is 2.89 bits per heavy atom. The Morgan fingerprint density at radius 1 is 1.42 bits per heavy atom. The van der Waals surface area contributed by atoms with Crippen molar-refractivity contribution in [2.24, 2.45) is 0 Å². The van der Waals surface area contributed by atoms with Crippen LogP contribution in [0.25, 0.3) is 0 Å². The molecule has 0 saturated carbocycles. The van der Waals surface area contributed by atoms with Crippen molar-refractivity contribution >= 4 is 11.6 Å². The van der Waals surface area contributed by atoms with Crippen LogP contribution in [-0.4, -0.2) is 50.2 Å². The summed E-state index contributed by atoms with van der Waals surface area (Å²) in [6.45, 7) is 3.26. The molecule has 1 aromatic carbocycles. The summed E-state index contributed by atoms with van der Waals surface area (Å²) in [4.78, 5) is 2.25. The van der Waals surface area contributed by atoms with Crippen LogP contribution < -0.4 is 4.74 Å². The summed E-state index contributed by atoms with van der Waals surface area (Å²) >= 11 is 5.51. The summed E-state index contributed by atoms with van der Waals surface area (Å²) < 4.78 is 11.4. The molecular formula is C15H18ClNO2. The maximum atomic E-state index is 5.73. The fourth-order valence-electron chi connectivity index (χ4n) is 1.93. The topological polar surface area (TPSA) is 21.7 Å². The summed E-state index contributed by atoms with van der Waals surface area (Å²) in [7, 11) is 2.10. The predicted molar refractivity (Wildman–Crippen MR) is 76.8 cm³/mol. The molecule has 1 aliphatic heterocycles. The fourth-order valence-corrected chi connectivity index (χ4v) is 1.99. The van der Waals surface area contributed by atoms with Crippen LogP contribution >= 0.6 is 11.6 Å². The molecule has 1 aromatic rings. The van der Waals surface area contributed by atoms with E-state index in [2.05, 4.69) is 23.8 Å². The molecule has 1 aliphatic rings. The molecule has 4 heteroatoms. The van der Waals surface area contributed by atoms with Crippen LogP contribution in [0.1, 0.15) is 5.56 Å². The van der Waals surface area contributed by atoms with E-state index in [9.17, 15) is 0 Å². The number of halogens is 1. The average molecular weight is 280 g/mol. The highest BCUT2D eigenvalue weighted by Gasteiger charge is 2.17. The van der Waals surface area contributed by atoms with Crippen molar-refractivity contribution < 1.29 is 9.47 Å². The van der Waals surface area contributed by atoms with Gasteiger partial charge in [0.1, 0.15) is 18.5 Å². The van der Waals surface area contributed by atoms with Gasteiger partial charge in [0.05, 0.1) is 12.5 Å². The van der Waals surface area contributed by atoms with E-state index in [4.69, 9.17) is 21.1 Å². The number of rotatable bonds is 3.